The lowest BCUT2D eigenvalue weighted by molar-refractivity contribution is -0.116. The summed E-state index contributed by atoms with van der Waals surface area (Å²) in [6.45, 7) is 2.23. The molecular weight excluding hydrogens is 252 g/mol. The summed E-state index contributed by atoms with van der Waals surface area (Å²) in [6.07, 6.45) is 5.49. The van der Waals surface area contributed by atoms with Gasteiger partial charge < -0.3 is 10.6 Å². The minimum Gasteiger partial charge on any atom is -0.326 e. The molecule has 4 heteroatoms. The molecule has 0 aliphatic heterocycles. The maximum Gasteiger partial charge on any atom is 0.225 e. The van der Waals surface area contributed by atoms with Crippen LogP contribution in [0, 0.1) is 0 Å². The number of benzene rings is 1. The molecule has 1 amide bonds. The van der Waals surface area contributed by atoms with Gasteiger partial charge in [-0.3, -0.25) is 9.59 Å². The van der Waals surface area contributed by atoms with E-state index < -0.39 is 0 Å². The summed E-state index contributed by atoms with van der Waals surface area (Å²) >= 11 is 0. The smallest absolute Gasteiger partial charge is 0.225 e. The fraction of sp³-hybridized carbons (Fsp3) is 0.500. The average Bonchev–Trinajstić information content (AvgIpc) is 2.92. The molecule has 0 spiro atoms. The molecule has 1 saturated carbocycles. The molecule has 0 unspecified atom stereocenters. The van der Waals surface area contributed by atoms with E-state index >= 15 is 0 Å². The zero-order valence-corrected chi connectivity index (χ0v) is 11.9. The maximum absolute atomic E-state index is 11.8. The number of carbonyl (C=O) groups is 2. The van der Waals surface area contributed by atoms with Crippen LogP contribution in [0.4, 0.5) is 5.69 Å². The summed E-state index contributed by atoms with van der Waals surface area (Å²) in [7, 11) is 0. The Hall–Kier alpha value is -1.68. The second kappa shape index (κ2) is 7.20. The van der Waals surface area contributed by atoms with Crippen LogP contribution in [0.15, 0.2) is 24.3 Å². The van der Waals surface area contributed by atoms with Crippen LogP contribution in [0.2, 0.25) is 0 Å². The summed E-state index contributed by atoms with van der Waals surface area (Å²) in [5.41, 5.74) is 1.30. The van der Waals surface area contributed by atoms with Crippen LogP contribution >= 0.6 is 0 Å². The number of nitrogens with one attached hydrogen (secondary N) is 2. The number of anilines is 1. The van der Waals surface area contributed by atoms with Crippen LogP contribution in [-0.2, 0) is 4.79 Å². The second-order valence-corrected chi connectivity index (χ2v) is 5.37. The van der Waals surface area contributed by atoms with E-state index in [2.05, 4.69) is 10.6 Å². The number of Topliss-reactive ketones (excluding diaryl/α,β-unsaturated/α-hetero) is 1. The van der Waals surface area contributed by atoms with Crippen LogP contribution < -0.4 is 10.6 Å². The third-order valence-electron chi connectivity index (χ3n) is 3.69. The summed E-state index contributed by atoms with van der Waals surface area (Å²) in [5.74, 6) is -0.0137. The number of amides is 1. The van der Waals surface area contributed by atoms with Gasteiger partial charge in [0.25, 0.3) is 0 Å². The number of hydrogen-bond acceptors (Lipinski definition) is 3. The average molecular weight is 274 g/mol. The highest BCUT2D eigenvalue weighted by Gasteiger charge is 2.14. The fourth-order valence-electron chi connectivity index (χ4n) is 2.56. The van der Waals surface area contributed by atoms with E-state index in [0.717, 1.165) is 0 Å². The molecule has 1 fully saturated rings. The first-order valence-corrected chi connectivity index (χ1v) is 7.29. The molecule has 0 saturated heterocycles. The molecule has 1 aromatic carbocycles. The van der Waals surface area contributed by atoms with Crippen molar-refractivity contribution in [1.82, 2.24) is 5.32 Å². The summed E-state index contributed by atoms with van der Waals surface area (Å²) < 4.78 is 0. The second-order valence-electron chi connectivity index (χ2n) is 5.37. The largest absolute Gasteiger partial charge is 0.326 e. The van der Waals surface area contributed by atoms with Gasteiger partial charge in [0.05, 0.1) is 0 Å². The van der Waals surface area contributed by atoms with E-state index in [9.17, 15) is 9.59 Å². The highest BCUT2D eigenvalue weighted by Crippen LogP contribution is 2.17. The summed E-state index contributed by atoms with van der Waals surface area (Å²) in [5, 5.41) is 6.24. The molecule has 0 bridgehead atoms. The summed E-state index contributed by atoms with van der Waals surface area (Å²) in [6, 6.07) is 7.63. The third kappa shape index (κ3) is 4.46. The monoisotopic (exact) mass is 274 g/mol. The highest BCUT2D eigenvalue weighted by molar-refractivity contribution is 5.97. The number of ketones is 1. The molecule has 4 nitrogen and oxygen atoms in total. The lowest BCUT2D eigenvalue weighted by atomic mass is 10.1. The topological polar surface area (TPSA) is 58.2 Å². The number of hydrogen-bond donors (Lipinski definition) is 2. The molecule has 0 aromatic heterocycles. The van der Waals surface area contributed by atoms with Crippen molar-refractivity contribution in [2.24, 2.45) is 0 Å². The van der Waals surface area contributed by atoms with Gasteiger partial charge in [0.1, 0.15) is 0 Å². The van der Waals surface area contributed by atoms with Gasteiger partial charge in [0, 0.05) is 30.3 Å². The lowest BCUT2D eigenvalue weighted by Crippen LogP contribution is -2.29. The zero-order chi connectivity index (χ0) is 14.4. The predicted octanol–water partition coefficient (Wildman–Crippen LogP) is 2.75. The first kappa shape index (κ1) is 14.7. The van der Waals surface area contributed by atoms with E-state index in [-0.39, 0.29) is 11.7 Å². The Morgan fingerprint density at radius 2 is 2.00 bits per heavy atom. The van der Waals surface area contributed by atoms with Crippen molar-refractivity contribution in [2.45, 2.75) is 45.1 Å². The van der Waals surface area contributed by atoms with Crippen molar-refractivity contribution >= 4 is 17.4 Å². The molecule has 0 radical (unpaired) electrons. The van der Waals surface area contributed by atoms with Gasteiger partial charge in [0.15, 0.2) is 5.78 Å². The molecule has 1 aliphatic rings. The van der Waals surface area contributed by atoms with Crippen molar-refractivity contribution in [3.05, 3.63) is 29.8 Å². The van der Waals surface area contributed by atoms with E-state index in [1.54, 1.807) is 24.3 Å². The number of carbonyl (C=O) groups excluding carboxylic acids is 2. The molecular formula is C16H22N2O2. The Morgan fingerprint density at radius 3 is 2.70 bits per heavy atom. The highest BCUT2D eigenvalue weighted by atomic mass is 16.1. The van der Waals surface area contributed by atoms with E-state index in [1.165, 1.54) is 32.6 Å². The van der Waals surface area contributed by atoms with Crippen LogP contribution in [0.1, 0.15) is 49.4 Å². The van der Waals surface area contributed by atoms with Gasteiger partial charge in [0.2, 0.25) is 5.91 Å². The Morgan fingerprint density at radius 1 is 1.25 bits per heavy atom. The Labute approximate surface area is 119 Å². The molecule has 1 aromatic rings. The van der Waals surface area contributed by atoms with Gasteiger partial charge in [-0.15, -0.1) is 0 Å². The Bertz CT molecular complexity index is 479. The van der Waals surface area contributed by atoms with E-state index in [0.29, 0.717) is 30.3 Å². The zero-order valence-electron chi connectivity index (χ0n) is 11.9. The molecule has 2 rings (SSSR count). The SMILES string of the molecule is CC(=O)c1cccc(NC(=O)CCNC2CCCC2)c1. The normalized spacial score (nSPS) is 15.2. The van der Waals surface area contributed by atoms with Gasteiger partial charge in [-0.05, 0) is 31.9 Å². The van der Waals surface area contributed by atoms with Crippen LogP contribution in [-0.4, -0.2) is 24.3 Å². The van der Waals surface area contributed by atoms with Crippen molar-refractivity contribution in [3.63, 3.8) is 0 Å². The molecule has 20 heavy (non-hydrogen) atoms. The summed E-state index contributed by atoms with van der Waals surface area (Å²) in [4.78, 5) is 23.1. The van der Waals surface area contributed by atoms with Gasteiger partial charge in [-0.1, -0.05) is 25.0 Å². The minimum absolute atomic E-state index is 0.00370. The number of rotatable bonds is 6. The molecule has 108 valence electrons. The van der Waals surface area contributed by atoms with Gasteiger partial charge in [-0.25, -0.2) is 0 Å². The first-order valence-electron chi connectivity index (χ1n) is 7.29. The molecule has 0 atom stereocenters. The molecule has 0 heterocycles. The standard InChI is InChI=1S/C16H22N2O2/c1-12(19)13-5-4-8-15(11-13)18-16(20)9-10-17-14-6-2-3-7-14/h4-5,8,11,14,17H,2-3,6-7,9-10H2,1H3,(H,18,20). The van der Waals surface area contributed by atoms with Gasteiger partial charge >= 0.3 is 0 Å². The molecule has 2 N–H and O–H groups in total. The van der Waals surface area contributed by atoms with Crippen molar-refractivity contribution in [2.75, 3.05) is 11.9 Å². The maximum atomic E-state index is 11.8. The fourth-order valence-corrected chi connectivity index (χ4v) is 2.56. The third-order valence-corrected chi connectivity index (χ3v) is 3.69. The van der Waals surface area contributed by atoms with Crippen molar-refractivity contribution < 1.29 is 9.59 Å². The van der Waals surface area contributed by atoms with E-state index in [4.69, 9.17) is 0 Å². The Kier molecular flexibility index (Phi) is 5.30. The lowest BCUT2D eigenvalue weighted by Gasteiger charge is -2.11. The first-order chi connectivity index (χ1) is 9.65. The van der Waals surface area contributed by atoms with Crippen LogP contribution in [0.5, 0.6) is 0 Å². The van der Waals surface area contributed by atoms with Crippen LogP contribution in [0.3, 0.4) is 0 Å². The minimum atomic E-state index is -0.0174. The van der Waals surface area contributed by atoms with Crippen molar-refractivity contribution in [1.29, 1.82) is 0 Å². The quantitative estimate of drug-likeness (QED) is 0.784. The van der Waals surface area contributed by atoms with E-state index in [1.807, 2.05) is 0 Å². The Balaban J connectivity index is 1.76. The van der Waals surface area contributed by atoms with Crippen molar-refractivity contribution in [3.8, 4) is 0 Å². The van der Waals surface area contributed by atoms with Gasteiger partial charge in [-0.2, -0.15) is 0 Å². The van der Waals surface area contributed by atoms with Crippen LogP contribution in [0.25, 0.3) is 0 Å². The molecule has 1 aliphatic carbocycles. The predicted molar refractivity (Wildman–Crippen MR) is 80.0 cm³/mol.